The number of nitrogens with one attached hydrogen (secondary N) is 2. The predicted molar refractivity (Wildman–Crippen MR) is 134 cm³/mol. The van der Waals surface area contributed by atoms with Crippen LogP contribution in [0.4, 0.5) is 17.1 Å². The Bertz CT molecular complexity index is 1350. The summed E-state index contributed by atoms with van der Waals surface area (Å²) < 4.78 is 34.1. The van der Waals surface area contributed by atoms with Crippen molar-refractivity contribution >= 4 is 60.8 Å². The van der Waals surface area contributed by atoms with Crippen LogP contribution in [0.3, 0.4) is 0 Å². The molecule has 3 rings (SSSR count). The highest BCUT2D eigenvalue weighted by molar-refractivity contribution is 9.10. The Morgan fingerprint density at radius 1 is 1.21 bits per heavy atom. The fourth-order valence-electron chi connectivity index (χ4n) is 2.78. The van der Waals surface area contributed by atoms with Gasteiger partial charge in [0.2, 0.25) is 0 Å². The molecule has 34 heavy (non-hydrogen) atoms. The van der Waals surface area contributed by atoms with Crippen LogP contribution in [0.5, 0.6) is 11.5 Å². The van der Waals surface area contributed by atoms with Gasteiger partial charge in [0.15, 0.2) is 11.5 Å². The van der Waals surface area contributed by atoms with E-state index in [4.69, 9.17) is 16.3 Å². The molecule has 0 aliphatic rings. The summed E-state index contributed by atoms with van der Waals surface area (Å²) in [7, 11) is -4.23. The highest BCUT2D eigenvalue weighted by atomic mass is 79.9. The monoisotopic (exact) mass is 568 g/mol. The Labute approximate surface area is 208 Å². The van der Waals surface area contributed by atoms with Gasteiger partial charge >= 0.3 is 0 Å². The summed E-state index contributed by atoms with van der Waals surface area (Å²) in [5.74, 6) is 0.174. The molecule has 13 heteroatoms. The van der Waals surface area contributed by atoms with E-state index in [0.717, 1.165) is 12.1 Å². The summed E-state index contributed by atoms with van der Waals surface area (Å²) in [5.41, 5.74) is 2.96. The van der Waals surface area contributed by atoms with Gasteiger partial charge in [-0.15, -0.1) is 0 Å². The summed E-state index contributed by atoms with van der Waals surface area (Å²) in [6.07, 6.45) is 1.37. The van der Waals surface area contributed by atoms with Gasteiger partial charge in [-0.25, -0.2) is 8.42 Å². The third-order valence-corrected chi connectivity index (χ3v) is 6.59. The van der Waals surface area contributed by atoms with Gasteiger partial charge in [-0.2, -0.15) is 5.10 Å². The Kier molecular flexibility index (Phi) is 7.97. The molecule has 0 bridgehead atoms. The van der Waals surface area contributed by atoms with Crippen molar-refractivity contribution in [3.8, 4) is 11.5 Å². The summed E-state index contributed by atoms with van der Waals surface area (Å²) in [4.78, 5) is 10.1. The average Bonchev–Trinajstić information content (AvgIpc) is 2.78. The third kappa shape index (κ3) is 6.16. The lowest BCUT2D eigenvalue weighted by molar-refractivity contribution is -0.385. The Balaban J connectivity index is 1.93. The molecule has 0 atom stereocenters. The van der Waals surface area contributed by atoms with Crippen molar-refractivity contribution in [2.45, 2.75) is 11.8 Å². The van der Waals surface area contributed by atoms with Crippen molar-refractivity contribution in [3.05, 3.63) is 79.8 Å². The van der Waals surface area contributed by atoms with E-state index in [-0.39, 0.29) is 27.8 Å². The standard InChI is InChI=1S/C21H18BrClN4O6S/c1-2-33-19-10-13(9-17(22)21(19)28)12-24-25-18-8-7-16(27(29)30)11-20(18)34(31,32)26-15-5-3-14(23)4-6-15/h3-12,25-26,28H,2H2,1H3/b24-12+. The molecule has 3 aromatic rings. The van der Waals surface area contributed by atoms with E-state index in [2.05, 4.69) is 31.2 Å². The molecule has 0 unspecified atom stereocenters. The van der Waals surface area contributed by atoms with E-state index in [9.17, 15) is 23.6 Å². The predicted octanol–water partition coefficient (Wildman–Crippen LogP) is 5.36. The van der Waals surface area contributed by atoms with Crippen LogP contribution < -0.4 is 14.9 Å². The van der Waals surface area contributed by atoms with Crippen LogP contribution in [0.25, 0.3) is 0 Å². The quantitative estimate of drug-likeness (QED) is 0.179. The summed E-state index contributed by atoms with van der Waals surface area (Å²) in [6.45, 7) is 2.10. The number of nitrogens with zero attached hydrogens (tertiary/aromatic N) is 2. The first-order chi connectivity index (χ1) is 16.1. The van der Waals surface area contributed by atoms with Crippen LogP contribution >= 0.6 is 27.5 Å². The number of phenols is 1. The fourth-order valence-corrected chi connectivity index (χ4v) is 4.60. The Morgan fingerprint density at radius 2 is 1.91 bits per heavy atom. The molecule has 178 valence electrons. The minimum absolute atomic E-state index is 0.00573. The minimum Gasteiger partial charge on any atom is -0.503 e. The summed E-state index contributed by atoms with van der Waals surface area (Å²) in [5, 5.41) is 25.7. The van der Waals surface area contributed by atoms with Gasteiger partial charge in [-0.05, 0) is 70.9 Å². The van der Waals surface area contributed by atoms with Gasteiger partial charge in [0.25, 0.3) is 15.7 Å². The number of sulfonamides is 1. The number of rotatable bonds is 9. The van der Waals surface area contributed by atoms with E-state index in [1.807, 2.05) is 0 Å². The number of nitro groups is 1. The second kappa shape index (κ2) is 10.7. The summed E-state index contributed by atoms with van der Waals surface area (Å²) in [6, 6.07) is 12.4. The van der Waals surface area contributed by atoms with Gasteiger partial charge in [0.05, 0.1) is 27.9 Å². The maximum absolute atomic E-state index is 13.0. The normalized spacial score (nSPS) is 11.4. The molecule has 0 radical (unpaired) electrons. The van der Waals surface area contributed by atoms with Gasteiger partial charge in [0.1, 0.15) is 4.90 Å². The largest absolute Gasteiger partial charge is 0.503 e. The van der Waals surface area contributed by atoms with E-state index in [1.54, 1.807) is 19.1 Å². The van der Waals surface area contributed by atoms with Crippen molar-refractivity contribution in [1.82, 2.24) is 0 Å². The second-order valence-corrected chi connectivity index (χ2v) is 9.64. The number of ether oxygens (including phenoxy) is 1. The highest BCUT2D eigenvalue weighted by Gasteiger charge is 2.23. The van der Waals surface area contributed by atoms with Crippen molar-refractivity contribution in [2.75, 3.05) is 16.8 Å². The SMILES string of the molecule is CCOc1cc(/C=N/Nc2ccc([N+](=O)[O-])cc2S(=O)(=O)Nc2ccc(Cl)cc2)cc(Br)c1O. The maximum atomic E-state index is 13.0. The smallest absolute Gasteiger partial charge is 0.270 e. The van der Waals surface area contributed by atoms with E-state index in [0.29, 0.717) is 21.7 Å². The zero-order valence-electron chi connectivity index (χ0n) is 17.5. The van der Waals surface area contributed by atoms with Gasteiger partial charge < -0.3 is 9.84 Å². The Morgan fingerprint density at radius 3 is 2.56 bits per heavy atom. The number of halogens is 2. The first-order valence-corrected chi connectivity index (χ1v) is 12.3. The van der Waals surface area contributed by atoms with Crippen LogP contribution in [-0.2, 0) is 10.0 Å². The molecule has 3 N–H and O–H groups in total. The number of hydrogen-bond donors (Lipinski definition) is 3. The van der Waals surface area contributed by atoms with E-state index < -0.39 is 20.6 Å². The number of non-ortho nitro benzene ring substituents is 1. The van der Waals surface area contributed by atoms with Crippen molar-refractivity contribution in [3.63, 3.8) is 0 Å². The highest BCUT2D eigenvalue weighted by Crippen LogP contribution is 2.35. The molecule has 0 saturated carbocycles. The minimum atomic E-state index is -4.23. The average molecular weight is 570 g/mol. The zero-order chi connectivity index (χ0) is 24.9. The van der Waals surface area contributed by atoms with Crippen LogP contribution in [0.1, 0.15) is 12.5 Å². The molecule has 0 fully saturated rings. The molecular weight excluding hydrogens is 552 g/mol. The third-order valence-electron chi connectivity index (χ3n) is 4.31. The van der Waals surface area contributed by atoms with E-state index >= 15 is 0 Å². The number of hydrogen-bond acceptors (Lipinski definition) is 8. The van der Waals surface area contributed by atoms with Crippen LogP contribution in [0, 0.1) is 10.1 Å². The van der Waals surface area contributed by atoms with Crippen LogP contribution in [0.15, 0.2) is 69.1 Å². The van der Waals surface area contributed by atoms with Crippen LogP contribution in [0.2, 0.25) is 5.02 Å². The van der Waals surface area contributed by atoms with Crippen LogP contribution in [-0.4, -0.2) is 31.3 Å². The molecule has 10 nitrogen and oxygen atoms in total. The molecule has 0 aromatic heterocycles. The van der Waals surface area contributed by atoms with Crippen molar-refractivity contribution in [2.24, 2.45) is 5.10 Å². The molecule has 0 spiro atoms. The second-order valence-electron chi connectivity index (χ2n) is 6.70. The molecule has 3 aromatic carbocycles. The lowest BCUT2D eigenvalue weighted by Gasteiger charge is -2.12. The number of benzene rings is 3. The van der Waals surface area contributed by atoms with Gasteiger partial charge in [0, 0.05) is 22.8 Å². The first kappa shape index (κ1) is 25.3. The number of nitro benzene ring substituents is 1. The molecule has 0 aliphatic carbocycles. The zero-order valence-corrected chi connectivity index (χ0v) is 20.7. The molecule has 0 amide bonds. The van der Waals surface area contributed by atoms with Crippen molar-refractivity contribution < 1.29 is 23.2 Å². The number of phenolic OH excluding ortho intramolecular Hbond substituents is 1. The molecular formula is C21H18BrClN4O6S. The molecule has 0 heterocycles. The lowest BCUT2D eigenvalue weighted by Crippen LogP contribution is -2.15. The van der Waals surface area contributed by atoms with E-state index in [1.165, 1.54) is 36.5 Å². The number of aromatic hydroxyl groups is 1. The fraction of sp³-hybridized carbons (Fsp3) is 0.0952. The summed E-state index contributed by atoms with van der Waals surface area (Å²) >= 11 is 9.06. The maximum Gasteiger partial charge on any atom is 0.270 e. The topological polar surface area (TPSA) is 143 Å². The number of hydrazone groups is 1. The first-order valence-electron chi connectivity index (χ1n) is 9.62. The van der Waals surface area contributed by atoms with Gasteiger partial charge in [-0.3, -0.25) is 20.3 Å². The molecule has 0 aliphatic heterocycles. The lowest BCUT2D eigenvalue weighted by atomic mass is 10.2. The molecule has 0 saturated heterocycles. The van der Waals surface area contributed by atoms with Crippen molar-refractivity contribution in [1.29, 1.82) is 0 Å². The number of anilines is 2. The Hall–Kier alpha value is -3.35. The van der Waals surface area contributed by atoms with Gasteiger partial charge in [-0.1, -0.05) is 11.6 Å².